The third kappa shape index (κ3) is 3.18. The number of nitrogens with zero attached hydrogens (tertiary/aromatic N) is 5. The van der Waals surface area contributed by atoms with Crippen molar-refractivity contribution in [3.8, 4) is 0 Å². The van der Waals surface area contributed by atoms with Gasteiger partial charge in [0.1, 0.15) is 0 Å². The Bertz CT molecular complexity index is 347. The highest BCUT2D eigenvalue weighted by atomic mass is 35.5. The third-order valence-electron chi connectivity index (χ3n) is 2.02. The fraction of sp³-hybridized carbons (Fsp3) is 0.667. The molecule has 0 aromatic carbocycles. The zero-order valence-corrected chi connectivity index (χ0v) is 10.4. The van der Waals surface area contributed by atoms with Gasteiger partial charge in [-0.15, -0.1) is 0 Å². The van der Waals surface area contributed by atoms with Crippen LogP contribution in [0.15, 0.2) is 0 Å². The number of likely N-dealkylation sites (N-methyl/N-ethyl adjacent to an activating group) is 1. The number of aromatic nitrogens is 3. The van der Waals surface area contributed by atoms with Gasteiger partial charge in [-0.25, -0.2) is 0 Å². The fourth-order valence-electron chi connectivity index (χ4n) is 1.19. The summed E-state index contributed by atoms with van der Waals surface area (Å²) in [5.74, 6) is 0.992. The number of anilines is 2. The Morgan fingerprint density at radius 1 is 1.19 bits per heavy atom. The normalized spacial score (nSPS) is 10.3. The third-order valence-corrected chi connectivity index (χ3v) is 2.19. The van der Waals surface area contributed by atoms with Crippen LogP contribution in [0.3, 0.4) is 0 Å². The molecule has 0 amide bonds. The van der Waals surface area contributed by atoms with Crippen molar-refractivity contribution in [2.75, 3.05) is 43.6 Å². The van der Waals surface area contributed by atoms with E-state index in [0.717, 1.165) is 0 Å². The van der Waals surface area contributed by atoms with Crippen LogP contribution in [0.5, 0.6) is 0 Å². The lowest BCUT2D eigenvalue weighted by molar-refractivity contribution is 0.301. The molecule has 0 fully saturated rings. The van der Waals surface area contributed by atoms with Crippen molar-refractivity contribution in [1.29, 1.82) is 0 Å². The molecule has 0 unspecified atom stereocenters. The van der Waals surface area contributed by atoms with Gasteiger partial charge in [0.15, 0.2) is 0 Å². The molecule has 0 saturated heterocycles. The minimum Gasteiger partial charge on any atom is -0.395 e. The van der Waals surface area contributed by atoms with Crippen LogP contribution < -0.4 is 9.80 Å². The van der Waals surface area contributed by atoms with Crippen LogP contribution in [0, 0.1) is 0 Å². The molecule has 0 bridgehead atoms. The first-order chi connectivity index (χ1) is 7.58. The SMILES string of the molecule is CCN(CCO)c1nc(Cl)nc(N(C)C)n1. The molecular formula is C9H16ClN5O. The first-order valence-electron chi connectivity index (χ1n) is 5.03. The van der Waals surface area contributed by atoms with Crippen molar-refractivity contribution in [3.63, 3.8) is 0 Å². The van der Waals surface area contributed by atoms with E-state index in [-0.39, 0.29) is 11.9 Å². The molecule has 1 rings (SSSR count). The molecule has 1 heterocycles. The maximum Gasteiger partial charge on any atom is 0.231 e. The van der Waals surface area contributed by atoms with Gasteiger partial charge in [0.25, 0.3) is 0 Å². The predicted octanol–water partition coefficient (Wildman–Crippen LogP) is 0.410. The Hall–Kier alpha value is -1.14. The van der Waals surface area contributed by atoms with Gasteiger partial charge < -0.3 is 14.9 Å². The van der Waals surface area contributed by atoms with Crippen molar-refractivity contribution in [2.45, 2.75) is 6.92 Å². The minimum atomic E-state index is 0.0500. The molecule has 7 heteroatoms. The average Bonchev–Trinajstić information content (AvgIpc) is 2.24. The van der Waals surface area contributed by atoms with Gasteiger partial charge in [-0.1, -0.05) is 0 Å². The number of halogens is 1. The van der Waals surface area contributed by atoms with Crippen molar-refractivity contribution in [3.05, 3.63) is 5.28 Å². The molecular weight excluding hydrogens is 230 g/mol. The summed E-state index contributed by atoms with van der Waals surface area (Å²) in [6.07, 6.45) is 0. The van der Waals surface area contributed by atoms with Gasteiger partial charge in [0.2, 0.25) is 17.2 Å². The number of rotatable bonds is 5. The summed E-state index contributed by atoms with van der Waals surface area (Å²) in [7, 11) is 3.66. The standard InChI is InChI=1S/C9H16ClN5O/c1-4-15(5-6-16)9-12-7(10)11-8(13-9)14(2)3/h16H,4-6H2,1-3H3. The van der Waals surface area contributed by atoms with Crippen LogP contribution in [0.4, 0.5) is 11.9 Å². The first kappa shape index (κ1) is 12.9. The van der Waals surface area contributed by atoms with E-state index in [4.69, 9.17) is 16.7 Å². The van der Waals surface area contributed by atoms with Crippen LogP contribution in [-0.2, 0) is 0 Å². The second kappa shape index (κ2) is 5.81. The van der Waals surface area contributed by atoms with Crippen LogP contribution in [0.25, 0.3) is 0 Å². The van der Waals surface area contributed by atoms with E-state index in [1.807, 2.05) is 25.9 Å². The molecule has 0 radical (unpaired) electrons. The molecule has 1 aromatic rings. The summed E-state index contributed by atoms with van der Waals surface area (Å²) in [5, 5.41) is 9.08. The highest BCUT2D eigenvalue weighted by Crippen LogP contribution is 2.14. The van der Waals surface area contributed by atoms with Gasteiger partial charge >= 0.3 is 0 Å². The van der Waals surface area contributed by atoms with Crippen LogP contribution in [0.2, 0.25) is 5.28 Å². The smallest absolute Gasteiger partial charge is 0.231 e. The molecule has 6 nitrogen and oxygen atoms in total. The molecule has 0 spiro atoms. The molecule has 90 valence electrons. The summed E-state index contributed by atoms with van der Waals surface area (Å²) in [6.45, 7) is 3.19. The van der Waals surface area contributed by atoms with E-state index in [2.05, 4.69) is 15.0 Å². The van der Waals surface area contributed by atoms with Crippen LogP contribution in [0.1, 0.15) is 6.92 Å². The Kier molecular flexibility index (Phi) is 4.70. The summed E-state index contributed by atoms with van der Waals surface area (Å²) < 4.78 is 0. The molecule has 1 N–H and O–H groups in total. The average molecular weight is 246 g/mol. The van der Waals surface area contributed by atoms with E-state index in [0.29, 0.717) is 25.0 Å². The second-order valence-electron chi connectivity index (χ2n) is 3.40. The van der Waals surface area contributed by atoms with Crippen LogP contribution in [-0.4, -0.2) is 53.9 Å². The Morgan fingerprint density at radius 2 is 1.81 bits per heavy atom. The molecule has 0 saturated carbocycles. The summed E-state index contributed by atoms with van der Waals surface area (Å²) in [6, 6.07) is 0. The van der Waals surface area contributed by atoms with Gasteiger partial charge in [-0.3, -0.25) is 0 Å². The van der Waals surface area contributed by atoms with Gasteiger partial charge in [0, 0.05) is 27.2 Å². The molecule has 0 atom stereocenters. The highest BCUT2D eigenvalue weighted by Gasteiger charge is 2.11. The lowest BCUT2D eigenvalue weighted by atomic mass is 10.5. The molecule has 16 heavy (non-hydrogen) atoms. The molecule has 0 aliphatic rings. The number of aliphatic hydroxyl groups is 1. The first-order valence-corrected chi connectivity index (χ1v) is 5.41. The predicted molar refractivity (Wildman–Crippen MR) is 64.1 cm³/mol. The minimum absolute atomic E-state index is 0.0500. The van der Waals surface area contributed by atoms with E-state index < -0.39 is 0 Å². The Morgan fingerprint density at radius 3 is 2.31 bits per heavy atom. The fourth-order valence-corrected chi connectivity index (χ4v) is 1.34. The maximum atomic E-state index is 8.92. The topological polar surface area (TPSA) is 65.4 Å². The number of aliphatic hydroxyl groups excluding tert-OH is 1. The highest BCUT2D eigenvalue weighted by molar-refractivity contribution is 6.28. The van der Waals surface area contributed by atoms with Crippen LogP contribution >= 0.6 is 11.6 Å². The summed E-state index contributed by atoms with van der Waals surface area (Å²) in [5.41, 5.74) is 0. The number of hydrogen-bond donors (Lipinski definition) is 1. The second-order valence-corrected chi connectivity index (χ2v) is 3.74. The van der Waals surface area contributed by atoms with Crippen molar-refractivity contribution in [2.24, 2.45) is 0 Å². The van der Waals surface area contributed by atoms with Gasteiger partial charge in [-0.05, 0) is 18.5 Å². The monoisotopic (exact) mass is 245 g/mol. The quantitative estimate of drug-likeness (QED) is 0.811. The zero-order chi connectivity index (χ0) is 12.1. The van der Waals surface area contributed by atoms with Gasteiger partial charge in [0.05, 0.1) is 6.61 Å². The van der Waals surface area contributed by atoms with Crippen molar-refractivity contribution >= 4 is 23.5 Å². The summed E-state index contributed by atoms with van der Waals surface area (Å²) >= 11 is 5.82. The molecule has 0 aliphatic heterocycles. The van der Waals surface area contributed by atoms with E-state index in [9.17, 15) is 0 Å². The lowest BCUT2D eigenvalue weighted by Crippen LogP contribution is -2.29. The largest absolute Gasteiger partial charge is 0.395 e. The lowest BCUT2D eigenvalue weighted by Gasteiger charge is -2.20. The Balaban J connectivity index is 3.02. The molecule has 0 aliphatic carbocycles. The van der Waals surface area contributed by atoms with Crippen molar-refractivity contribution in [1.82, 2.24) is 15.0 Å². The van der Waals surface area contributed by atoms with Crippen molar-refractivity contribution < 1.29 is 5.11 Å². The van der Waals surface area contributed by atoms with E-state index >= 15 is 0 Å². The maximum absolute atomic E-state index is 8.92. The van der Waals surface area contributed by atoms with Gasteiger partial charge in [-0.2, -0.15) is 15.0 Å². The zero-order valence-electron chi connectivity index (χ0n) is 9.68. The Labute approximate surface area is 99.9 Å². The van der Waals surface area contributed by atoms with E-state index in [1.54, 1.807) is 4.90 Å². The molecule has 1 aromatic heterocycles. The summed E-state index contributed by atoms with van der Waals surface area (Å²) in [4.78, 5) is 15.9. The number of hydrogen-bond acceptors (Lipinski definition) is 6. The van der Waals surface area contributed by atoms with E-state index in [1.165, 1.54) is 0 Å².